The van der Waals surface area contributed by atoms with E-state index in [9.17, 15) is 9.18 Å². The van der Waals surface area contributed by atoms with Gasteiger partial charge < -0.3 is 16.0 Å². The highest BCUT2D eigenvalue weighted by atomic mass is 19.1. The molecule has 3 rings (SSSR count). The van der Waals surface area contributed by atoms with E-state index in [-0.39, 0.29) is 23.8 Å². The molecule has 0 aromatic heterocycles. The lowest BCUT2D eigenvalue weighted by atomic mass is 9.89. The van der Waals surface area contributed by atoms with Crippen LogP contribution in [0.5, 0.6) is 0 Å². The SMILES string of the molecule is NC1CC(Cc2ccc(F)cc2)CN(C(=O)Nc2ccccc2)C1. The molecule has 3 N–H and O–H groups in total. The van der Waals surface area contributed by atoms with Crippen molar-refractivity contribution in [2.45, 2.75) is 18.9 Å². The molecule has 2 atom stereocenters. The Labute approximate surface area is 141 Å². The fourth-order valence-corrected chi connectivity index (χ4v) is 3.24. The average Bonchev–Trinajstić information content (AvgIpc) is 2.57. The van der Waals surface area contributed by atoms with Crippen LogP contribution in [0.15, 0.2) is 54.6 Å². The van der Waals surface area contributed by atoms with Crippen molar-refractivity contribution in [1.29, 1.82) is 0 Å². The molecule has 1 heterocycles. The Bertz CT molecular complexity index is 675. The van der Waals surface area contributed by atoms with Gasteiger partial charge in [-0.2, -0.15) is 0 Å². The molecule has 5 heteroatoms. The minimum absolute atomic E-state index is 0.0364. The van der Waals surface area contributed by atoms with E-state index in [1.165, 1.54) is 12.1 Å². The van der Waals surface area contributed by atoms with Gasteiger partial charge in [-0.25, -0.2) is 9.18 Å². The summed E-state index contributed by atoms with van der Waals surface area (Å²) >= 11 is 0. The molecule has 1 aliphatic rings. The maximum Gasteiger partial charge on any atom is 0.321 e. The van der Waals surface area contributed by atoms with Gasteiger partial charge in [0.05, 0.1) is 0 Å². The number of halogens is 1. The van der Waals surface area contributed by atoms with Gasteiger partial charge in [-0.05, 0) is 48.6 Å². The van der Waals surface area contributed by atoms with E-state index in [1.54, 1.807) is 17.0 Å². The summed E-state index contributed by atoms with van der Waals surface area (Å²) in [5.74, 6) is 0.0451. The fourth-order valence-electron chi connectivity index (χ4n) is 3.24. The molecule has 2 aromatic carbocycles. The molecule has 0 spiro atoms. The summed E-state index contributed by atoms with van der Waals surface area (Å²) in [4.78, 5) is 14.2. The summed E-state index contributed by atoms with van der Waals surface area (Å²) < 4.78 is 13.0. The van der Waals surface area contributed by atoms with Crippen molar-refractivity contribution in [3.63, 3.8) is 0 Å². The molecule has 0 bridgehead atoms. The van der Waals surface area contributed by atoms with E-state index >= 15 is 0 Å². The van der Waals surface area contributed by atoms with Crippen LogP contribution < -0.4 is 11.1 Å². The lowest BCUT2D eigenvalue weighted by Crippen LogP contribution is -2.51. The standard InChI is InChI=1S/C19H22FN3O/c20-16-8-6-14(7-9-16)10-15-11-17(21)13-23(12-15)19(24)22-18-4-2-1-3-5-18/h1-9,15,17H,10-13,21H2,(H,22,24). The summed E-state index contributed by atoms with van der Waals surface area (Å²) in [5, 5.41) is 2.91. The first-order valence-electron chi connectivity index (χ1n) is 8.21. The minimum Gasteiger partial charge on any atom is -0.326 e. The molecular weight excluding hydrogens is 305 g/mol. The van der Waals surface area contributed by atoms with Gasteiger partial charge in [-0.15, -0.1) is 0 Å². The zero-order valence-electron chi connectivity index (χ0n) is 13.5. The topological polar surface area (TPSA) is 58.4 Å². The number of rotatable bonds is 3. The molecule has 1 saturated heterocycles. The number of hydrogen-bond acceptors (Lipinski definition) is 2. The highest BCUT2D eigenvalue weighted by Crippen LogP contribution is 2.21. The van der Waals surface area contributed by atoms with Crippen molar-refractivity contribution in [3.05, 3.63) is 66.0 Å². The second kappa shape index (κ2) is 7.45. The van der Waals surface area contributed by atoms with Crippen LogP contribution in [0.4, 0.5) is 14.9 Å². The van der Waals surface area contributed by atoms with E-state index < -0.39 is 0 Å². The number of carbonyl (C=O) groups excluding carboxylic acids is 1. The molecule has 0 radical (unpaired) electrons. The summed E-state index contributed by atoms with van der Waals surface area (Å²) in [6.07, 6.45) is 1.66. The van der Waals surface area contributed by atoms with Crippen LogP contribution in [-0.4, -0.2) is 30.1 Å². The lowest BCUT2D eigenvalue weighted by Gasteiger charge is -2.36. The molecule has 2 amide bonds. The quantitative estimate of drug-likeness (QED) is 0.909. The Morgan fingerprint density at radius 2 is 1.83 bits per heavy atom. The molecule has 4 nitrogen and oxygen atoms in total. The van der Waals surface area contributed by atoms with Crippen molar-refractivity contribution in [1.82, 2.24) is 4.90 Å². The van der Waals surface area contributed by atoms with Crippen LogP contribution in [0.2, 0.25) is 0 Å². The Kier molecular flexibility index (Phi) is 5.11. The Morgan fingerprint density at radius 3 is 2.54 bits per heavy atom. The van der Waals surface area contributed by atoms with Crippen molar-refractivity contribution >= 4 is 11.7 Å². The highest BCUT2D eigenvalue weighted by Gasteiger charge is 2.28. The number of hydrogen-bond donors (Lipinski definition) is 2. The molecule has 1 aliphatic heterocycles. The van der Waals surface area contributed by atoms with Gasteiger partial charge in [0, 0.05) is 24.8 Å². The van der Waals surface area contributed by atoms with Gasteiger partial charge in [-0.3, -0.25) is 0 Å². The molecule has 0 aliphatic carbocycles. The van der Waals surface area contributed by atoms with E-state index in [0.29, 0.717) is 13.1 Å². The van der Waals surface area contributed by atoms with E-state index in [1.807, 2.05) is 30.3 Å². The number of nitrogens with one attached hydrogen (secondary N) is 1. The highest BCUT2D eigenvalue weighted by molar-refractivity contribution is 5.89. The van der Waals surface area contributed by atoms with Crippen molar-refractivity contribution < 1.29 is 9.18 Å². The third-order valence-electron chi connectivity index (χ3n) is 4.32. The number of nitrogens with zero attached hydrogens (tertiary/aromatic N) is 1. The first-order chi connectivity index (χ1) is 11.6. The van der Waals surface area contributed by atoms with Gasteiger partial charge in [0.2, 0.25) is 0 Å². The van der Waals surface area contributed by atoms with Gasteiger partial charge >= 0.3 is 6.03 Å². The molecule has 24 heavy (non-hydrogen) atoms. The summed E-state index contributed by atoms with van der Waals surface area (Å²) in [5.41, 5.74) is 7.99. The Hall–Kier alpha value is -2.40. The fraction of sp³-hybridized carbons (Fsp3) is 0.316. The summed E-state index contributed by atoms with van der Waals surface area (Å²) in [7, 11) is 0. The van der Waals surface area contributed by atoms with Crippen LogP contribution >= 0.6 is 0 Å². The minimum atomic E-state index is -0.233. The predicted octanol–water partition coefficient (Wildman–Crippen LogP) is 3.25. The lowest BCUT2D eigenvalue weighted by molar-refractivity contribution is 0.166. The zero-order chi connectivity index (χ0) is 16.9. The maximum absolute atomic E-state index is 13.0. The second-order valence-electron chi connectivity index (χ2n) is 6.39. The number of benzene rings is 2. The number of likely N-dealkylation sites (tertiary alicyclic amines) is 1. The zero-order valence-corrected chi connectivity index (χ0v) is 13.5. The van der Waals surface area contributed by atoms with Crippen molar-refractivity contribution in [3.8, 4) is 0 Å². The number of nitrogens with two attached hydrogens (primary N) is 1. The van der Waals surface area contributed by atoms with E-state index in [2.05, 4.69) is 5.32 Å². The maximum atomic E-state index is 13.0. The smallest absolute Gasteiger partial charge is 0.321 e. The van der Waals surface area contributed by atoms with Crippen LogP contribution in [0.3, 0.4) is 0 Å². The number of piperidine rings is 1. The van der Waals surface area contributed by atoms with Crippen LogP contribution in [0.1, 0.15) is 12.0 Å². The van der Waals surface area contributed by atoms with Crippen molar-refractivity contribution in [2.24, 2.45) is 11.7 Å². The second-order valence-corrected chi connectivity index (χ2v) is 6.39. The number of urea groups is 1. The number of para-hydroxylation sites is 1. The van der Waals surface area contributed by atoms with Gasteiger partial charge in [0.1, 0.15) is 5.82 Å². The Balaban J connectivity index is 1.62. The van der Waals surface area contributed by atoms with Gasteiger partial charge in [0.15, 0.2) is 0 Å². The number of amides is 2. The molecule has 126 valence electrons. The van der Waals surface area contributed by atoms with Gasteiger partial charge in [-0.1, -0.05) is 30.3 Å². The largest absolute Gasteiger partial charge is 0.326 e. The average molecular weight is 327 g/mol. The summed E-state index contributed by atoms with van der Waals surface area (Å²) in [6, 6.07) is 15.8. The van der Waals surface area contributed by atoms with Crippen molar-refractivity contribution in [2.75, 3.05) is 18.4 Å². The van der Waals surface area contributed by atoms with Crippen LogP contribution in [0.25, 0.3) is 0 Å². The first kappa shape index (κ1) is 16.5. The molecular formula is C19H22FN3O. The third-order valence-corrected chi connectivity index (χ3v) is 4.32. The third kappa shape index (κ3) is 4.32. The molecule has 2 aromatic rings. The first-order valence-corrected chi connectivity index (χ1v) is 8.21. The Morgan fingerprint density at radius 1 is 1.12 bits per heavy atom. The normalized spacial score (nSPS) is 20.7. The predicted molar refractivity (Wildman–Crippen MR) is 93.2 cm³/mol. The monoisotopic (exact) mass is 327 g/mol. The molecule has 0 saturated carbocycles. The molecule has 2 unspecified atom stereocenters. The van der Waals surface area contributed by atoms with Gasteiger partial charge in [0.25, 0.3) is 0 Å². The van der Waals surface area contributed by atoms with E-state index in [4.69, 9.17) is 5.73 Å². The summed E-state index contributed by atoms with van der Waals surface area (Å²) in [6.45, 7) is 1.21. The van der Waals surface area contributed by atoms with Crippen LogP contribution in [-0.2, 0) is 6.42 Å². The molecule has 1 fully saturated rings. The number of carbonyl (C=O) groups is 1. The number of anilines is 1. The van der Waals surface area contributed by atoms with Crippen LogP contribution in [0, 0.1) is 11.7 Å². The van der Waals surface area contributed by atoms with E-state index in [0.717, 1.165) is 24.1 Å².